The summed E-state index contributed by atoms with van der Waals surface area (Å²) in [7, 11) is 0. The minimum atomic E-state index is -0.389. The summed E-state index contributed by atoms with van der Waals surface area (Å²) in [4.78, 5) is 18.3. The number of thiophene rings is 1. The van der Waals surface area contributed by atoms with Crippen molar-refractivity contribution in [2.24, 2.45) is 0 Å². The normalized spacial score (nSPS) is 15.4. The second-order valence-corrected chi connectivity index (χ2v) is 8.60. The third-order valence-electron chi connectivity index (χ3n) is 5.30. The number of benzene rings is 2. The fourth-order valence-electron chi connectivity index (χ4n) is 3.83. The Morgan fingerprint density at radius 2 is 1.86 bits per heavy atom. The summed E-state index contributed by atoms with van der Waals surface area (Å²) < 4.78 is 13.4. The Kier molecular flexibility index (Phi) is 6.28. The number of carbonyl (C=O) groups is 1. The van der Waals surface area contributed by atoms with Crippen molar-refractivity contribution >= 4 is 34.5 Å². The maximum absolute atomic E-state index is 13.4. The molecule has 1 aliphatic rings. The summed E-state index contributed by atoms with van der Waals surface area (Å²) in [6, 6.07) is 18.7. The number of carbonyl (C=O) groups excluding carboxylic acids is 1. The minimum absolute atomic E-state index is 0.0648. The second-order valence-electron chi connectivity index (χ2n) is 7.24. The Morgan fingerprint density at radius 3 is 2.52 bits per heavy atom. The van der Waals surface area contributed by atoms with Gasteiger partial charge in [-0.25, -0.2) is 4.39 Å². The SMILES string of the molecule is O=C(c1cccs1)N(c1ccccc1)C1CCN(Cc2ccc(F)c(Cl)c2)CC1. The van der Waals surface area contributed by atoms with Crippen LogP contribution in [0.4, 0.5) is 10.1 Å². The van der Waals surface area contributed by atoms with Gasteiger partial charge in [-0.05, 0) is 54.1 Å². The molecule has 29 heavy (non-hydrogen) atoms. The molecule has 0 aliphatic carbocycles. The molecule has 0 spiro atoms. The Labute approximate surface area is 179 Å². The Hall–Kier alpha value is -2.21. The largest absolute Gasteiger partial charge is 0.305 e. The van der Waals surface area contributed by atoms with Crippen molar-refractivity contribution in [1.29, 1.82) is 0 Å². The maximum atomic E-state index is 13.4. The van der Waals surface area contributed by atoms with Crippen LogP contribution in [-0.2, 0) is 6.54 Å². The monoisotopic (exact) mass is 428 g/mol. The van der Waals surface area contributed by atoms with E-state index >= 15 is 0 Å². The van der Waals surface area contributed by atoms with Gasteiger partial charge in [0.1, 0.15) is 5.82 Å². The molecule has 0 bridgehead atoms. The summed E-state index contributed by atoms with van der Waals surface area (Å²) in [5.74, 6) is -0.324. The van der Waals surface area contributed by atoms with E-state index in [1.54, 1.807) is 12.1 Å². The molecule has 6 heteroatoms. The number of nitrogens with zero attached hydrogens (tertiary/aromatic N) is 2. The molecule has 0 atom stereocenters. The van der Waals surface area contributed by atoms with Gasteiger partial charge in [-0.2, -0.15) is 0 Å². The van der Waals surface area contributed by atoms with Crippen molar-refractivity contribution in [3.05, 3.63) is 87.3 Å². The average Bonchev–Trinajstić information content (AvgIpc) is 3.28. The molecular formula is C23H22ClFN2OS. The first-order valence-electron chi connectivity index (χ1n) is 9.70. The number of para-hydroxylation sites is 1. The average molecular weight is 429 g/mol. The molecule has 1 saturated heterocycles. The molecule has 4 rings (SSSR count). The first-order valence-corrected chi connectivity index (χ1v) is 11.0. The molecular weight excluding hydrogens is 407 g/mol. The summed E-state index contributed by atoms with van der Waals surface area (Å²) in [6.07, 6.45) is 1.78. The predicted molar refractivity (Wildman–Crippen MR) is 117 cm³/mol. The van der Waals surface area contributed by atoms with Gasteiger partial charge in [0.25, 0.3) is 5.91 Å². The number of hydrogen-bond donors (Lipinski definition) is 0. The zero-order valence-corrected chi connectivity index (χ0v) is 17.5. The zero-order chi connectivity index (χ0) is 20.2. The zero-order valence-electron chi connectivity index (χ0n) is 15.9. The molecule has 1 amide bonds. The van der Waals surface area contributed by atoms with E-state index in [4.69, 9.17) is 11.6 Å². The van der Waals surface area contributed by atoms with E-state index in [-0.39, 0.29) is 22.8 Å². The highest BCUT2D eigenvalue weighted by Crippen LogP contribution is 2.28. The van der Waals surface area contributed by atoms with Crippen molar-refractivity contribution in [3.8, 4) is 0 Å². The van der Waals surface area contributed by atoms with Gasteiger partial charge in [0.05, 0.1) is 9.90 Å². The van der Waals surface area contributed by atoms with Gasteiger partial charge in [-0.1, -0.05) is 41.9 Å². The van der Waals surface area contributed by atoms with Gasteiger partial charge in [0.2, 0.25) is 0 Å². The topological polar surface area (TPSA) is 23.6 Å². The molecule has 0 saturated carbocycles. The number of rotatable bonds is 5. The fraction of sp³-hybridized carbons (Fsp3) is 0.261. The molecule has 2 heterocycles. The molecule has 1 aromatic heterocycles. The van der Waals surface area contributed by atoms with Crippen LogP contribution in [0, 0.1) is 5.82 Å². The molecule has 3 nitrogen and oxygen atoms in total. The summed E-state index contributed by atoms with van der Waals surface area (Å²) in [6.45, 7) is 2.48. The minimum Gasteiger partial charge on any atom is -0.305 e. The molecule has 0 unspecified atom stereocenters. The lowest BCUT2D eigenvalue weighted by Crippen LogP contribution is -2.47. The van der Waals surface area contributed by atoms with Gasteiger partial charge in [0, 0.05) is 31.4 Å². The van der Waals surface area contributed by atoms with Crippen LogP contribution >= 0.6 is 22.9 Å². The molecule has 0 radical (unpaired) electrons. The smallest absolute Gasteiger partial charge is 0.268 e. The second kappa shape index (κ2) is 9.08. The van der Waals surface area contributed by atoms with Crippen molar-refractivity contribution in [1.82, 2.24) is 4.90 Å². The van der Waals surface area contributed by atoms with E-state index < -0.39 is 0 Å². The molecule has 3 aromatic rings. The van der Waals surface area contributed by atoms with Crippen LogP contribution in [0.15, 0.2) is 66.0 Å². The highest BCUT2D eigenvalue weighted by Gasteiger charge is 2.30. The van der Waals surface area contributed by atoms with Gasteiger partial charge in [-0.15, -0.1) is 11.3 Å². The summed E-state index contributed by atoms with van der Waals surface area (Å²) >= 11 is 7.39. The number of piperidine rings is 1. The van der Waals surface area contributed by atoms with E-state index in [0.717, 1.165) is 48.6 Å². The standard InChI is InChI=1S/C23H22ClFN2OS/c24-20-15-17(8-9-21(20)25)16-26-12-10-19(11-13-26)27(18-5-2-1-3-6-18)23(28)22-7-4-14-29-22/h1-9,14-15,19H,10-13,16H2. The van der Waals surface area contributed by atoms with Crippen molar-refractivity contribution < 1.29 is 9.18 Å². The van der Waals surface area contributed by atoms with Crippen LogP contribution in [0.1, 0.15) is 28.1 Å². The molecule has 150 valence electrons. The first kappa shape index (κ1) is 20.1. The molecule has 1 aliphatic heterocycles. The molecule has 1 fully saturated rings. The van der Waals surface area contributed by atoms with E-state index in [1.165, 1.54) is 17.4 Å². The lowest BCUT2D eigenvalue weighted by atomic mass is 10.0. The first-order chi connectivity index (χ1) is 14.1. The fourth-order valence-corrected chi connectivity index (χ4v) is 4.70. The third kappa shape index (κ3) is 4.69. The van der Waals surface area contributed by atoms with Crippen molar-refractivity contribution in [2.75, 3.05) is 18.0 Å². The molecule has 2 aromatic carbocycles. The van der Waals surface area contributed by atoms with E-state index in [2.05, 4.69) is 4.90 Å². The Balaban J connectivity index is 1.46. The summed E-state index contributed by atoms with van der Waals surface area (Å²) in [5, 5.41) is 2.10. The number of halogens is 2. The van der Waals surface area contributed by atoms with E-state index in [0.29, 0.717) is 0 Å². The number of likely N-dealkylation sites (tertiary alicyclic amines) is 1. The lowest BCUT2D eigenvalue weighted by molar-refractivity contribution is 0.0962. The van der Waals surface area contributed by atoms with Gasteiger partial charge in [0.15, 0.2) is 0 Å². The van der Waals surface area contributed by atoms with Crippen molar-refractivity contribution in [2.45, 2.75) is 25.4 Å². The van der Waals surface area contributed by atoms with Crippen LogP contribution < -0.4 is 4.90 Å². The van der Waals surface area contributed by atoms with Gasteiger partial charge in [-0.3, -0.25) is 9.69 Å². The quantitative estimate of drug-likeness (QED) is 0.508. The van der Waals surface area contributed by atoms with E-state index in [1.807, 2.05) is 52.7 Å². The summed E-state index contributed by atoms with van der Waals surface area (Å²) in [5.41, 5.74) is 1.94. The van der Waals surface area contributed by atoms with Crippen LogP contribution in [0.25, 0.3) is 0 Å². The Morgan fingerprint density at radius 1 is 1.10 bits per heavy atom. The van der Waals surface area contributed by atoms with Crippen LogP contribution in [0.5, 0.6) is 0 Å². The highest BCUT2D eigenvalue weighted by molar-refractivity contribution is 7.12. The maximum Gasteiger partial charge on any atom is 0.268 e. The molecule has 0 N–H and O–H groups in total. The Bertz CT molecular complexity index is 956. The number of anilines is 1. The van der Waals surface area contributed by atoms with Crippen LogP contribution in [0.3, 0.4) is 0 Å². The number of hydrogen-bond acceptors (Lipinski definition) is 3. The predicted octanol–water partition coefficient (Wildman–Crippen LogP) is 5.85. The van der Waals surface area contributed by atoms with Crippen LogP contribution in [-0.4, -0.2) is 29.9 Å². The number of amides is 1. The van der Waals surface area contributed by atoms with Crippen molar-refractivity contribution in [3.63, 3.8) is 0 Å². The third-order valence-corrected chi connectivity index (χ3v) is 6.45. The van der Waals surface area contributed by atoms with E-state index in [9.17, 15) is 9.18 Å². The van der Waals surface area contributed by atoms with Gasteiger partial charge < -0.3 is 4.90 Å². The van der Waals surface area contributed by atoms with Crippen LogP contribution in [0.2, 0.25) is 5.02 Å². The van der Waals surface area contributed by atoms with Gasteiger partial charge >= 0.3 is 0 Å². The highest BCUT2D eigenvalue weighted by atomic mass is 35.5. The lowest BCUT2D eigenvalue weighted by Gasteiger charge is -2.38.